The molecule has 0 saturated carbocycles. The second-order valence-corrected chi connectivity index (χ2v) is 2.14. The second-order valence-electron chi connectivity index (χ2n) is 2.14. The molecule has 0 fully saturated rings. The number of nitrogen functional groups attached to an aromatic ring is 1. The van der Waals surface area contributed by atoms with Crippen molar-refractivity contribution in [3.63, 3.8) is 0 Å². The summed E-state index contributed by atoms with van der Waals surface area (Å²) in [6.45, 7) is 0. The molecule has 0 aromatic carbocycles. The van der Waals surface area contributed by atoms with Gasteiger partial charge in [-0.2, -0.15) is 0 Å². The lowest BCUT2D eigenvalue weighted by atomic mass is 10.4. The molecule has 5 nitrogen and oxygen atoms in total. The lowest BCUT2D eigenvalue weighted by Gasteiger charge is -1.96. The van der Waals surface area contributed by atoms with E-state index in [1.165, 1.54) is 0 Å². The Morgan fingerprint density at radius 2 is 2.36 bits per heavy atom. The molecule has 56 valence electrons. The van der Waals surface area contributed by atoms with E-state index in [9.17, 15) is 0 Å². The van der Waals surface area contributed by atoms with Crippen LogP contribution in [0.2, 0.25) is 0 Å². The van der Waals surface area contributed by atoms with E-state index in [4.69, 9.17) is 5.84 Å². The number of nitrogens with two attached hydrogens (primary N) is 1. The van der Waals surface area contributed by atoms with E-state index in [1.54, 1.807) is 12.5 Å². The van der Waals surface area contributed by atoms with E-state index >= 15 is 0 Å². The number of aromatic amines is 1. The van der Waals surface area contributed by atoms with Crippen LogP contribution >= 0.6 is 0 Å². The average Bonchev–Trinajstić information content (AvgIpc) is 2.50. The van der Waals surface area contributed by atoms with Crippen LogP contribution in [0.1, 0.15) is 0 Å². The van der Waals surface area contributed by atoms with E-state index < -0.39 is 0 Å². The lowest BCUT2D eigenvalue weighted by molar-refractivity contribution is 1.28. The molecule has 5 heteroatoms. The number of hydrogen-bond donors (Lipinski definition) is 3. The van der Waals surface area contributed by atoms with E-state index in [0.29, 0.717) is 5.65 Å². The molecule has 0 aliphatic rings. The molecule has 2 heterocycles. The third-order valence-electron chi connectivity index (χ3n) is 1.44. The maximum Gasteiger partial charge on any atom is 0.177 e. The van der Waals surface area contributed by atoms with Crippen LogP contribution in [0.25, 0.3) is 11.2 Å². The van der Waals surface area contributed by atoms with Crippen molar-refractivity contribution in [3.8, 4) is 0 Å². The summed E-state index contributed by atoms with van der Waals surface area (Å²) in [5.74, 6) is 5.19. The average molecular weight is 149 g/mol. The fraction of sp³-hybridized carbons (Fsp3) is 0. The van der Waals surface area contributed by atoms with Crippen molar-refractivity contribution >= 4 is 16.9 Å². The highest BCUT2D eigenvalue weighted by Crippen LogP contribution is 2.10. The number of aromatic nitrogens is 3. The molecule has 0 aliphatic carbocycles. The molecule has 0 saturated heterocycles. The minimum absolute atomic E-state index is 0.698. The van der Waals surface area contributed by atoms with Crippen LogP contribution in [-0.4, -0.2) is 15.0 Å². The zero-order chi connectivity index (χ0) is 7.68. The van der Waals surface area contributed by atoms with Gasteiger partial charge in [0.2, 0.25) is 0 Å². The molecule has 0 unspecified atom stereocenters. The third kappa shape index (κ3) is 0.908. The van der Waals surface area contributed by atoms with Gasteiger partial charge in [0, 0.05) is 0 Å². The first-order valence-corrected chi connectivity index (χ1v) is 3.16. The summed E-state index contributed by atoms with van der Waals surface area (Å²) in [6, 6.07) is 1.84. The lowest BCUT2D eigenvalue weighted by Crippen LogP contribution is -2.06. The smallest absolute Gasteiger partial charge is 0.177 e. The Labute approximate surface area is 62.6 Å². The SMILES string of the molecule is NNc1cnc2nc[nH]c2c1. The number of fused-ring (bicyclic) bond motifs is 1. The normalized spacial score (nSPS) is 10.3. The van der Waals surface area contributed by atoms with Crippen molar-refractivity contribution in [1.29, 1.82) is 0 Å². The molecule has 0 aliphatic heterocycles. The summed E-state index contributed by atoms with van der Waals surface area (Å²) < 4.78 is 0. The molecular formula is C6H7N5. The van der Waals surface area contributed by atoms with Gasteiger partial charge in [-0.15, -0.1) is 0 Å². The first kappa shape index (κ1) is 6.11. The Morgan fingerprint density at radius 1 is 1.45 bits per heavy atom. The Hall–Kier alpha value is -1.62. The number of nitrogens with zero attached hydrogens (tertiary/aromatic N) is 2. The number of hydrazine groups is 1. The molecule has 11 heavy (non-hydrogen) atoms. The van der Waals surface area contributed by atoms with Gasteiger partial charge >= 0.3 is 0 Å². The van der Waals surface area contributed by atoms with Crippen LogP contribution in [0.3, 0.4) is 0 Å². The number of anilines is 1. The molecule has 4 N–H and O–H groups in total. The summed E-state index contributed by atoms with van der Waals surface area (Å²) in [6.07, 6.45) is 3.22. The van der Waals surface area contributed by atoms with Gasteiger partial charge in [-0.1, -0.05) is 0 Å². The highest BCUT2D eigenvalue weighted by molar-refractivity contribution is 5.73. The van der Waals surface area contributed by atoms with E-state index in [1.807, 2.05) is 6.07 Å². The monoisotopic (exact) mass is 149 g/mol. The number of pyridine rings is 1. The predicted octanol–water partition coefficient (Wildman–Crippen LogP) is 0.243. The Balaban J connectivity index is 2.67. The molecule has 0 radical (unpaired) electrons. The maximum atomic E-state index is 5.19. The number of imidazole rings is 1. The molecule has 0 bridgehead atoms. The van der Waals surface area contributed by atoms with Crippen molar-refractivity contribution in [3.05, 3.63) is 18.6 Å². The summed E-state index contributed by atoms with van der Waals surface area (Å²) in [7, 11) is 0. The van der Waals surface area contributed by atoms with Crippen molar-refractivity contribution in [1.82, 2.24) is 15.0 Å². The fourth-order valence-electron chi connectivity index (χ4n) is 0.909. The first-order chi connectivity index (χ1) is 5.40. The predicted molar refractivity (Wildman–Crippen MR) is 41.7 cm³/mol. The van der Waals surface area contributed by atoms with E-state index in [2.05, 4.69) is 20.4 Å². The molecule has 2 rings (SSSR count). The maximum absolute atomic E-state index is 5.19. The molecule has 0 atom stereocenters. The van der Waals surface area contributed by atoms with Crippen LogP contribution in [0, 0.1) is 0 Å². The van der Waals surface area contributed by atoms with Crippen LogP contribution in [-0.2, 0) is 0 Å². The summed E-state index contributed by atoms with van der Waals surface area (Å²) in [5.41, 5.74) is 4.84. The van der Waals surface area contributed by atoms with E-state index in [0.717, 1.165) is 11.2 Å². The van der Waals surface area contributed by atoms with Crippen molar-refractivity contribution < 1.29 is 0 Å². The van der Waals surface area contributed by atoms with Gasteiger partial charge in [0.1, 0.15) is 0 Å². The largest absolute Gasteiger partial charge is 0.343 e. The molecule has 0 amide bonds. The van der Waals surface area contributed by atoms with Crippen LogP contribution < -0.4 is 11.3 Å². The van der Waals surface area contributed by atoms with Gasteiger partial charge in [0.05, 0.1) is 23.7 Å². The van der Waals surface area contributed by atoms with Crippen molar-refractivity contribution in [2.45, 2.75) is 0 Å². The van der Waals surface area contributed by atoms with Crippen molar-refractivity contribution in [2.24, 2.45) is 5.84 Å². The minimum atomic E-state index is 0.698. The van der Waals surface area contributed by atoms with Gasteiger partial charge in [0.25, 0.3) is 0 Å². The van der Waals surface area contributed by atoms with Gasteiger partial charge in [-0.25, -0.2) is 9.97 Å². The van der Waals surface area contributed by atoms with Gasteiger partial charge in [0.15, 0.2) is 5.65 Å². The zero-order valence-electron chi connectivity index (χ0n) is 5.70. The Kier molecular flexibility index (Phi) is 1.23. The van der Waals surface area contributed by atoms with Crippen molar-refractivity contribution in [2.75, 3.05) is 5.43 Å². The Bertz CT molecular complexity index is 366. The number of rotatable bonds is 1. The first-order valence-electron chi connectivity index (χ1n) is 3.16. The van der Waals surface area contributed by atoms with Gasteiger partial charge in [-0.05, 0) is 6.07 Å². The standard InChI is InChI=1S/C6H7N5/c7-11-4-1-5-6(8-2-4)10-3-9-5/h1-3,11H,7H2,(H,8,9,10). The van der Waals surface area contributed by atoms with Gasteiger partial charge < -0.3 is 10.4 Å². The zero-order valence-corrected chi connectivity index (χ0v) is 5.70. The number of hydrogen-bond acceptors (Lipinski definition) is 4. The molecule has 2 aromatic heterocycles. The van der Waals surface area contributed by atoms with Gasteiger partial charge in [-0.3, -0.25) is 5.84 Å². The summed E-state index contributed by atoms with van der Waals surface area (Å²) in [4.78, 5) is 10.9. The van der Waals surface area contributed by atoms with E-state index in [-0.39, 0.29) is 0 Å². The Morgan fingerprint density at radius 3 is 3.18 bits per heavy atom. The van der Waals surface area contributed by atoms with Crippen LogP contribution in [0.15, 0.2) is 18.6 Å². The topological polar surface area (TPSA) is 79.6 Å². The number of H-pyrrole nitrogens is 1. The van der Waals surface area contributed by atoms with Crippen LogP contribution in [0.4, 0.5) is 5.69 Å². The molecule has 0 spiro atoms. The quantitative estimate of drug-likeness (QED) is 0.401. The van der Waals surface area contributed by atoms with Crippen LogP contribution in [0.5, 0.6) is 0 Å². The fourth-order valence-corrected chi connectivity index (χ4v) is 0.909. The third-order valence-corrected chi connectivity index (χ3v) is 1.44. The summed E-state index contributed by atoms with van der Waals surface area (Å²) in [5, 5.41) is 0. The highest BCUT2D eigenvalue weighted by atomic mass is 15.2. The summed E-state index contributed by atoms with van der Waals surface area (Å²) >= 11 is 0. The minimum Gasteiger partial charge on any atom is -0.343 e. The highest BCUT2D eigenvalue weighted by Gasteiger charge is 1.96. The molecule has 2 aromatic rings. The molecular weight excluding hydrogens is 142 g/mol. The number of nitrogens with one attached hydrogen (secondary N) is 2. The second kappa shape index (κ2) is 2.21.